The summed E-state index contributed by atoms with van der Waals surface area (Å²) in [5.74, 6) is -1.03. The Balaban J connectivity index is 2.42. The Morgan fingerprint density at radius 1 is 1.23 bits per heavy atom. The monoisotopic (exact) mass is 341 g/mol. The van der Waals surface area contributed by atoms with Crippen LogP contribution in [0.5, 0.6) is 5.75 Å². The maximum atomic E-state index is 11.8. The second kappa shape index (κ2) is 7.14. The van der Waals surface area contributed by atoms with Gasteiger partial charge in [0.25, 0.3) is 7.30 Å². The molecule has 2 aromatic rings. The molecule has 0 aliphatic rings. The molecule has 22 heavy (non-hydrogen) atoms. The number of benzene rings is 2. The molecule has 0 bridgehead atoms. The van der Waals surface area contributed by atoms with Crippen LogP contribution in [0.3, 0.4) is 0 Å². The fraction of sp³-hybridized carbons (Fsp3) is 0.267. The van der Waals surface area contributed by atoms with Crippen molar-refractivity contribution in [1.29, 1.82) is 0 Å². The summed E-state index contributed by atoms with van der Waals surface area (Å²) < 4.78 is 11.8. The quantitative estimate of drug-likeness (QED) is 0.631. The highest BCUT2D eigenvalue weighted by atomic mass is 35.7. The summed E-state index contributed by atoms with van der Waals surface area (Å²) in [6.45, 7) is 3.42. The van der Waals surface area contributed by atoms with Gasteiger partial charge in [-0.1, -0.05) is 55.1 Å². The van der Waals surface area contributed by atoms with Crippen molar-refractivity contribution in [2.45, 2.75) is 19.9 Å². The highest BCUT2D eigenvalue weighted by molar-refractivity contribution is 7.71. The fourth-order valence-electron chi connectivity index (χ4n) is 2.24. The summed E-state index contributed by atoms with van der Waals surface area (Å²) in [7, 11) is -2.87. The van der Waals surface area contributed by atoms with Gasteiger partial charge in [0.1, 0.15) is 0 Å². The Hall–Kier alpha value is -1.55. The van der Waals surface area contributed by atoms with E-state index >= 15 is 0 Å². The lowest BCUT2D eigenvalue weighted by molar-refractivity contribution is -0.151. The molecule has 5 nitrogen and oxygen atoms in total. The molecule has 1 N–H and O–H groups in total. The Morgan fingerprint density at radius 3 is 2.45 bits per heavy atom. The lowest BCUT2D eigenvalue weighted by Crippen LogP contribution is -2.42. The van der Waals surface area contributed by atoms with Crippen LogP contribution in [0.2, 0.25) is 0 Å². The minimum Gasteiger partial charge on any atom is -0.480 e. The van der Waals surface area contributed by atoms with E-state index in [1.165, 1.54) is 0 Å². The highest BCUT2D eigenvalue weighted by Gasteiger charge is 2.34. The summed E-state index contributed by atoms with van der Waals surface area (Å²) in [4.78, 5) is 18.0. The van der Waals surface area contributed by atoms with Crippen LogP contribution in [0.4, 0.5) is 0 Å². The standard InChI is InChI=1S/C15H17ClNO4P/c1-10(2)14(15(18)19)17(22(16)20)21-13-9-5-7-11-6-3-4-8-12(11)13/h3-10,14,22H,1-2H3,(H,18,19). The largest absolute Gasteiger partial charge is 0.480 e. The summed E-state index contributed by atoms with van der Waals surface area (Å²) in [6.07, 6.45) is 0. The van der Waals surface area contributed by atoms with E-state index in [4.69, 9.17) is 16.1 Å². The van der Waals surface area contributed by atoms with Gasteiger partial charge in [-0.3, -0.25) is 9.36 Å². The zero-order chi connectivity index (χ0) is 16.3. The third-order valence-corrected chi connectivity index (χ3v) is 4.47. The molecule has 0 radical (unpaired) electrons. The average molecular weight is 342 g/mol. The van der Waals surface area contributed by atoms with Crippen LogP contribution in [0.25, 0.3) is 10.8 Å². The first-order valence-corrected chi connectivity index (χ1v) is 9.15. The average Bonchev–Trinajstić information content (AvgIpc) is 2.46. The van der Waals surface area contributed by atoms with E-state index < -0.39 is 19.3 Å². The number of halogens is 1. The molecule has 0 aliphatic carbocycles. The molecular formula is C15H17ClNO4P. The van der Waals surface area contributed by atoms with Crippen molar-refractivity contribution in [1.82, 2.24) is 4.83 Å². The van der Waals surface area contributed by atoms with Crippen molar-refractivity contribution in [3.8, 4) is 5.75 Å². The van der Waals surface area contributed by atoms with E-state index in [-0.39, 0.29) is 5.92 Å². The molecule has 2 unspecified atom stereocenters. The Morgan fingerprint density at radius 2 is 1.86 bits per heavy atom. The van der Waals surface area contributed by atoms with Crippen molar-refractivity contribution in [2.75, 3.05) is 0 Å². The van der Waals surface area contributed by atoms with Crippen molar-refractivity contribution < 1.29 is 19.3 Å². The van der Waals surface area contributed by atoms with Crippen LogP contribution in [0, 0.1) is 5.92 Å². The van der Waals surface area contributed by atoms with E-state index in [1.54, 1.807) is 26.0 Å². The normalized spacial score (nSPS) is 14.2. The molecule has 2 atom stereocenters. The predicted molar refractivity (Wildman–Crippen MR) is 87.5 cm³/mol. The smallest absolute Gasteiger partial charge is 0.325 e. The number of rotatable bonds is 6. The Bertz CT molecular complexity index is 702. The van der Waals surface area contributed by atoms with Gasteiger partial charge in [0.05, 0.1) is 0 Å². The molecule has 0 spiro atoms. The summed E-state index contributed by atoms with van der Waals surface area (Å²) >= 11 is 5.71. The SMILES string of the molecule is CC(C)C(C(=O)O)N(Oc1cccc2ccccc12)[PH](=O)Cl. The molecule has 0 amide bonds. The van der Waals surface area contributed by atoms with Gasteiger partial charge in [0, 0.05) is 5.39 Å². The summed E-state index contributed by atoms with van der Waals surface area (Å²) in [6, 6.07) is 11.8. The number of carboxylic acid groups (broad SMARTS) is 1. The molecule has 118 valence electrons. The van der Waals surface area contributed by atoms with Crippen molar-refractivity contribution in [3.05, 3.63) is 42.5 Å². The second-order valence-corrected chi connectivity index (χ2v) is 7.09. The number of nitrogens with zero attached hydrogens (tertiary/aromatic N) is 1. The van der Waals surface area contributed by atoms with E-state index in [0.29, 0.717) is 5.75 Å². The number of hydrogen-bond donors (Lipinski definition) is 1. The zero-order valence-corrected chi connectivity index (χ0v) is 13.9. The van der Waals surface area contributed by atoms with Crippen molar-refractivity contribution >= 4 is 35.3 Å². The third-order valence-electron chi connectivity index (χ3n) is 3.26. The maximum Gasteiger partial charge on any atom is 0.325 e. The van der Waals surface area contributed by atoms with E-state index in [2.05, 4.69) is 0 Å². The topological polar surface area (TPSA) is 66.8 Å². The van der Waals surface area contributed by atoms with Crippen LogP contribution in [-0.2, 0) is 9.36 Å². The first-order chi connectivity index (χ1) is 10.4. The van der Waals surface area contributed by atoms with Crippen molar-refractivity contribution in [3.63, 3.8) is 0 Å². The van der Waals surface area contributed by atoms with Gasteiger partial charge in [-0.15, -0.1) is 0 Å². The van der Waals surface area contributed by atoms with Crippen LogP contribution >= 0.6 is 18.5 Å². The second-order valence-electron chi connectivity index (χ2n) is 5.17. The minimum atomic E-state index is -2.87. The van der Waals surface area contributed by atoms with Gasteiger partial charge in [0.15, 0.2) is 11.8 Å². The molecule has 0 saturated carbocycles. The Kier molecular flexibility index (Phi) is 5.46. The van der Waals surface area contributed by atoms with Crippen LogP contribution in [0.1, 0.15) is 13.8 Å². The zero-order valence-electron chi connectivity index (χ0n) is 12.2. The first kappa shape index (κ1) is 16.8. The van der Waals surface area contributed by atoms with E-state index in [0.717, 1.165) is 15.6 Å². The van der Waals surface area contributed by atoms with Gasteiger partial charge in [0.2, 0.25) is 0 Å². The number of hydroxylamine groups is 1. The third kappa shape index (κ3) is 3.61. The fourth-order valence-corrected chi connectivity index (χ4v) is 3.46. The first-order valence-electron chi connectivity index (χ1n) is 6.79. The summed E-state index contributed by atoms with van der Waals surface area (Å²) in [5.41, 5.74) is 0. The van der Waals surface area contributed by atoms with Gasteiger partial charge in [-0.25, -0.2) is 0 Å². The summed E-state index contributed by atoms with van der Waals surface area (Å²) in [5, 5.41) is 11.1. The van der Waals surface area contributed by atoms with E-state index in [1.807, 2.05) is 30.3 Å². The maximum absolute atomic E-state index is 11.8. The lowest BCUT2D eigenvalue weighted by Gasteiger charge is -2.28. The molecule has 2 aromatic carbocycles. The molecule has 0 aliphatic heterocycles. The van der Waals surface area contributed by atoms with Crippen LogP contribution < -0.4 is 4.84 Å². The van der Waals surface area contributed by atoms with Crippen LogP contribution in [-0.4, -0.2) is 22.0 Å². The number of carbonyl (C=O) groups is 1. The lowest BCUT2D eigenvalue weighted by atomic mass is 10.1. The molecular weight excluding hydrogens is 325 g/mol. The predicted octanol–water partition coefficient (Wildman–Crippen LogP) is 4.17. The van der Waals surface area contributed by atoms with Crippen LogP contribution in [0.15, 0.2) is 42.5 Å². The number of aliphatic carboxylic acids is 1. The van der Waals surface area contributed by atoms with Gasteiger partial charge in [-0.05, 0) is 28.6 Å². The molecule has 0 fully saturated rings. The molecule has 0 heterocycles. The molecule has 0 aromatic heterocycles. The Labute approximate surface area is 134 Å². The number of carboxylic acids is 1. The van der Waals surface area contributed by atoms with Crippen molar-refractivity contribution in [2.24, 2.45) is 5.92 Å². The number of hydrogen-bond acceptors (Lipinski definition) is 3. The molecule has 2 rings (SSSR count). The van der Waals surface area contributed by atoms with E-state index in [9.17, 15) is 14.5 Å². The molecule has 7 heteroatoms. The van der Waals surface area contributed by atoms with Gasteiger partial charge < -0.3 is 9.94 Å². The molecule has 0 saturated heterocycles. The minimum absolute atomic E-state index is 0.319. The highest BCUT2D eigenvalue weighted by Crippen LogP contribution is 2.39. The van der Waals surface area contributed by atoms with Gasteiger partial charge in [-0.2, -0.15) is 0 Å². The number of fused-ring (bicyclic) bond motifs is 1. The van der Waals surface area contributed by atoms with Gasteiger partial charge >= 0.3 is 5.97 Å².